The van der Waals surface area contributed by atoms with Gasteiger partial charge in [-0.1, -0.05) is 18.2 Å². The Morgan fingerprint density at radius 1 is 1.17 bits per heavy atom. The van der Waals surface area contributed by atoms with Gasteiger partial charge >= 0.3 is 0 Å². The highest BCUT2D eigenvalue weighted by atomic mass is 32.2. The number of ether oxygens (including phenoxy) is 1. The molecule has 9 nitrogen and oxygen atoms in total. The molecule has 1 fully saturated rings. The van der Waals surface area contributed by atoms with Crippen LogP contribution in [0.5, 0.6) is 0 Å². The van der Waals surface area contributed by atoms with Crippen LogP contribution in [0, 0.1) is 11.3 Å². The van der Waals surface area contributed by atoms with Crippen molar-refractivity contribution < 1.29 is 13.2 Å². The maximum absolute atomic E-state index is 11.5. The van der Waals surface area contributed by atoms with E-state index in [2.05, 4.69) is 27.3 Å². The number of thiophene rings is 1. The third-order valence-corrected chi connectivity index (χ3v) is 7.55. The van der Waals surface area contributed by atoms with Gasteiger partial charge in [0.1, 0.15) is 6.54 Å². The van der Waals surface area contributed by atoms with E-state index in [-0.39, 0.29) is 13.1 Å². The highest BCUT2D eigenvalue weighted by molar-refractivity contribution is 7.69. The van der Waals surface area contributed by atoms with Crippen LogP contribution in [0.2, 0.25) is 0 Å². The van der Waals surface area contributed by atoms with E-state index >= 15 is 0 Å². The summed E-state index contributed by atoms with van der Waals surface area (Å²) in [6.07, 6.45) is 1.81. The van der Waals surface area contributed by atoms with E-state index in [1.165, 1.54) is 0 Å². The van der Waals surface area contributed by atoms with Crippen LogP contribution < -0.4 is 10.2 Å². The molecule has 2 aromatic carbocycles. The van der Waals surface area contributed by atoms with Crippen LogP contribution >= 0.6 is 11.3 Å². The maximum atomic E-state index is 11.5. The van der Waals surface area contributed by atoms with Crippen molar-refractivity contribution in [2.75, 3.05) is 43.1 Å². The summed E-state index contributed by atoms with van der Waals surface area (Å²) >= 11 is 1.56. The normalized spacial score (nSPS) is 13.9. The first-order valence-electron chi connectivity index (χ1n) is 11.4. The number of nitrogens with one attached hydrogen (secondary N) is 1. The van der Waals surface area contributed by atoms with Crippen molar-refractivity contribution in [2.45, 2.75) is 6.54 Å². The van der Waals surface area contributed by atoms with Gasteiger partial charge in [0.15, 0.2) is 0 Å². The van der Waals surface area contributed by atoms with E-state index in [0.717, 1.165) is 68.9 Å². The Morgan fingerprint density at radius 3 is 2.72 bits per heavy atom. The highest BCUT2D eigenvalue weighted by Gasteiger charge is 2.14. The summed E-state index contributed by atoms with van der Waals surface area (Å²) in [5.41, 5.74) is 5.56. The van der Waals surface area contributed by atoms with Crippen LogP contribution in [0.25, 0.3) is 21.3 Å². The largest absolute Gasteiger partial charge is 0.378 e. The van der Waals surface area contributed by atoms with Crippen LogP contribution in [0.15, 0.2) is 60.1 Å². The monoisotopic (exact) mass is 520 g/mol. The van der Waals surface area contributed by atoms with Crippen LogP contribution in [0.3, 0.4) is 0 Å². The Balaban J connectivity index is 1.37. The molecule has 0 aliphatic carbocycles. The van der Waals surface area contributed by atoms with E-state index < -0.39 is 10.9 Å². The Labute approximate surface area is 214 Å². The molecule has 0 bridgehead atoms. The third-order valence-electron chi connectivity index (χ3n) is 5.90. The molecule has 4 aromatic rings. The van der Waals surface area contributed by atoms with E-state index in [9.17, 15) is 8.42 Å². The standard InChI is InChI=1S/C25H24N6O3S2/c26-8-9-31(36(32)33)16-18-2-1-3-19(14-18)22-17-35-23-15-27-25(29-24(22)23)28-20-4-6-21(7-5-20)30-10-12-34-13-11-30/h1-7,14-15,17,36H,9-13,16H2,(H,27,28,29). The number of nitrogens with zero attached hydrogens (tertiary/aromatic N) is 5. The fourth-order valence-electron chi connectivity index (χ4n) is 4.10. The fraction of sp³-hybridized carbons (Fsp3) is 0.240. The number of hydrogen-bond donors (Lipinski definition) is 2. The minimum atomic E-state index is -2.84. The molecule has 184 valence electrons. The second kappa shape index (κ2) is 11.0. The van der Waals surface area contributed by atoms with Gasteiger partial charge in [0.25, 0.3) is 0 Å². The minimum absolute atomic E-state index is 0.143. The molecular weight excluding hydrogens is 496 g/mol. The summed E-state index contributed by atoms with van der Waals surface area (Å²) in [5.74, 6) is 0.501. The number of nitriles is 1. The molecule has 3 heterocycles. The van der Waals surface area contributed by atoms with Crippen molar-refractivity contribution in [1.29, 1.82) is 5.26 Å². The van der Waals surface area contributed by atoms with Crippen molar-refractivity contribution in [3.63, 3.8) is 0 Å². The van der Waals surface area contributed by atoms with E-state index in [0.29, 0.717) is 5.95 Å². The minimum Gasteiger partial charge on any atom is -0.378 e. The lowest BCUT2D eigenvalue weighted by Crippen LogP contribution is -2.36. The SMILES string of the molecule is N#CCN(Cc1cccc(-c2csc3cnc(Nc4ccc(N5CCOCC5)cc4)nc23)c1)[SH](=O)=O. The zero-order valence-corrected chi connectivity index (χ0v) is 21.0. The Morgan fingerprint density at radius 2 is 1.97 bits per heavy atom. The number of fused-ring (bicyclic) bond motifs is 1. The van der Waals surface area contributed by atoms with Gasteiger partial charge in [-0.2, -0.15) is 9.57 Å². The Hall–Kier alpha value is -3.56. The highest BCUT2D eigenvalue weighted by Crippen LogP contribution is 2.34. The van der Waals surface area contributed by atoms with Gasteiger partial charge in [-0.05, 0) is 41.5 Å². The summed E-state index contributed by atoms with van der Waals surface area (Å²) in [4.78, 5) is 11.6. The molecular formula is C25H24N6O3S2. The molecule has 0 saturated carbocycles. The van der Waals surface area contributed by atoms with Crippen molar-refractivity contribution in [1.82, 2.24) is 14.3 Å². The first-order valence-corrected chi connectivity index (χ1v) is 13.4. The average molecular weight is 521 g/mol. The zero-order valence-electron chi connectivity index (χ0n) is 19.3. The first kappa shape index (κ1) is 24.1. The number of rotatable bonds is 8. The van der Waals surface area contributed by atoms with E-state index in [1.54, 1.807) is 11.3 Å². The molecule has 2 aromatic heterocycles. The number of thiol groups is 1. The lowest BCUT2D eigenvalue weighted by molar-refractivity contribution is 0.122. The maximum Gasteiger partial charge on any atom is 0.227 e. The predicted molar refractivity (Wildman–Crippen MR) is 142 cm³/mol. The average Bonchev–Trinajstić information content (AvgIpc) is 3.33. The molecule has 5 rings (SSSR count). The zero-order chi connectivity index (χ0) is 24.9. The van der Waals surface area contributed by atoms with Crippen molar-refractivity contribution in [3.05, 3.63) is 65.7 Å². The Bertz CT molecular complexity index is 1470. The summed E-state index contributed by atoms with van der Waals surface area (Å²) in [7, 11) is -2.84. The van der Waals surface area contributed by atoms with E-state index in [1.807, 2.05) is 54.0 Å². The molecule has 0 spiro atoms. The van der Waals surface area contributed by atoms with Gasteiger partial charge in [0.2, 0.25) is 16.8 Å². The van der Waals surface area contributed by atoms with Crippen molar-refractivity contribution >= 4 is 49.8 Å². The van der Waals surface area contributed by atoms with Crippen LogP contribution in [-0.2, 0) is 22.2 Å². The van der Waals surface area contributed by atoms with Gasteiger partial charge in [-0.15, -0.1) is 11.3 Å². The molecule has 1 N–H and O–H groups in total. The van der Waals surface area contributed by atoms with Crippen LogP contribution in [0.4, 0.5) is 17.3 Å². The van der Waals surface area contributed by atoms with Crippen LogP contribution in [-0.4, -0.2) is 55.5 Å². The number of morpholine rings is 1. The second-order valence-corrected chi connectivity index (χ2v) is 10.2. The topological polar surface area (TPSA) is 111 Å². The van der Waals surface area contributed by atoms with Gasteiger partial charge in [-0.25, -0.2) is 18.4 Å². The van der Waals surface area contributed by atoms with Gasteiger partial charge in [0, 0.05) is 42.0 Å². The van der Waals surface area contributed by atoms with E-state index in [4.69, 9.17) is 15.0 Å². The molecule has 1 saturated heterocycles. The summed E-state index contributed by atoms with van der Waals surface area (Å²) in [6.45, 7) is 3.23. The molecule has 0 unspecified atom stereocenters. The second-order valence-electron chi connectivity index (χ2n) is 8.25. The molecule has 0 atom stereocenters. The molecule has 0 radical (unpaired) electrons. The predicted octanol–water partition coefficient (Wildman–Crippen LogP) is 3.79. The number of aromatic nitrogens is 2. The number of hydrogen-bond acceptors (Lipinski definition) is 9. The lowest BCUT2D eigenvalue weighted by Gasteiger charge is -2.28. The number of anilines is 3. The Kier molecular flexibility index (Phi) is 7.39. The summed E-state index contributed by atoms with van der Waals surface area (Å²) in [6, 6.07) is 17.7. The third kappa shape index (κ3) is 5.47. The number of benzene rings is 2. The molecule has 1 aliphatic rings. The summed E-state index contributed by atoms with van der Waals surface area (Å²) < 4.78 is 30.4. The molecule has 0 amide bonds. The van der Waals surface area contributed by atoms with Gasteiger partial charge in [-0.3, -0.25) is 0 Å². The smallest absolute Gasteiger partial charge is 0.227 e. The van der Waals surface area contributed by atoms with Gasteiger partial charge < -0.3 is 15.0 Å². The first-order chi connectivity index (χ1) is 17.6. The van der Waals surface area contributed by atoms with Crippen molar-refractivity contribution in [2.24, 2.45) is 0 Å². The molecule has 1 aliphatic heterocycles. The summed E-state index contributed by atoms with van der Waals surface area (Å²) in [5, 5.41) is 14.2. The van der Waals surface area contributed by atoms with Crippen LogP contribution in [0.1, 0.15) is 5.56 Å². The fourth-order valence-corrected chi connectivity index (χ4v) is 5.43. The van der Waals surface area contributed by atoms with Crippen molar-refractivity contribution in [3.8, 4) is 17.2 Å². The quantitative estimate of drug-likeness (QED) is 0.267. The molecule has 11 heteroatoms. The molecule has 36 heavy (non-hydrogen) atoms. The van der Waals surface area contributed by atoms with Gasteiger partial charge in [0.05, 0.1) is 35.7 Å². The lowest BCUT2D eigenvalue weighted by atomic mass is 10.0.